The molecule has 0 spiro atoms. The van der Waals surface area contributed by atoms with Gasteiger partial charge < -0.3 is 14.2 Å². The zero-order valence-corrected chi connectivity index (χ0v) is 13.2. The van der Waals surface area contributed by atoms with E-state index in [4.69, 9.17) is 14.2 Å². The topological polar surface area (TPSA) is 61.8 Å². The van der Waals surface area contributed by atoms with Gasteiger partial charge in [-0.2, -0.15) is 0 Å². The van der Waals surface area contributed by atoms with Crippen LogP contribution < -0.4 is 0 Å². The first-order chi connectivity index (χ1) is 9.18. The van der Waals surface area contributed by atoms with Crippen LogP contribution in [0.4, 0.5) is 0 Å². The number of carbonyl (C=O) groups excluding carboxylic acids is 2. The fourth-order valence-electron chi connectivity index (χ4n) is 2.11. The van der Waals surface area contributed by atoms with Crippen LogP contribution in [-0.4, -0.2) is 36.9 Å². The Labute approximate surface area is 121 Å². The third-order valence-electron chi connectivity index (χ3n) is 3.87. The van der Waals surface area contributed by atoms with Gasteiger partial charge in [0, 0.05) is 12.8 Å². The largest absolute Gasteiger partial charge is 0.457 e. The van der Waals surface area contributed by atoms with Gasteiger partial charge in [-0.1, -0.05) is 6.92 Å². The van der Waals surface area contributed by atoms with Crippen LogP contribution in [0.2, 0.25) is 0 Å². The standard InChI is InChI=1S/C15H26O5/c1-6-14(3,4)13(17)19-10-12(16)20-15(5)7-8-18-11(2)9-15/h11H,6-10H2,1-5H3. The fraction of sp³-hybridized carbons (Fsp3) is 0.867. The molecule has 0 radical (unpaired) electrons. The van der Waals surface area contributed by atoms with E-state index in [1.54, 1.807) is 13.8 Å². The molecule has 1 fully saturated rings. The van der Waals surface area contributed by atoms with Crippen molar-refractivity contribution in [3.63, 3.8) is 0 Å². The minimum absolute atomic E-state index is 0.0723. The highest BCUT2D eigenvalue weighted by atomic mass is 16.6. The molecule has 0 amide bonds. The number of hydrogen-bond donors (Lipinski definition) is 0. The van der Waals surface area contributed by atoms with Crippen LogP contribution in [0, 0.1) is 5.41 Å². The van der Waals surface area contributed by atoms with Gasteiger partial charge in [0.15, 0.2) is 6.61 Å². The van der Waals surface area contributed by atoms with Gasteiger partial charge in [0.1, 0.15) is 5.60 Å². The normalized spacial score (nSPS) is 26.9. The molecule has 1 saturated heterocycles. The Hall–Kier alpha value is -1.10. The molecule has 0 aromatic rings. The second-order valence-corrected chi connectivity index (χ2v) is 6.37. The second kappa shape index (κ2) is 6.57. The van der Waals surface area contributed by atoms with Gasteiger partial charge in [0.05, 0.1) is 18.1 Å². The Morgan fingerprint density at radius 2 is 2.05 bits per heavy atom. The molecule has 0 aliphatic carbocycles. The molecule has 1 aliphatic heterocycles. The first-order valence-corrected chi connectivity index (χ1v) is 7.19. The summed E-state index contributed by atoms with van der Waals surface area (Å²) in [6, 6.07) is 0. The molecule has 0 N–H and O–H groups in total. The lowest BCUT2D eigenvalue weighted by Gasteiger charge is -2.36. The van der Waals surface area contributed by atoms with Gasteiger partial charge in [-0.05, 0) is 34.1 Å². The van der Waals surface area contributed by atoms with E-state index in [-0.39, 0.29) is 18.7 Å². The first kappa shape index (κ1) is 17.0. The minimum Gasteiger partial charge on any atom is -0.457 e. The van der Waals surface area contributed by atoms with Crippen molar-refractivity contribution in [3.8, 4) is 0 Å². The third-order valence-corrected chi connectivity index (χ3v) is 3.87. The second-order valence-electron chi connectivity index (χ2n) is 6.37. The van der Waals surface area contributed by atoms with Crippen LogP contribution in [0.3, 0.4) is 0 Å². The average Bonchev–Trinajstić information content (AvgIpc) is 2.34. The number of carbonyl (C=O) groups is 2. The van der Waals surface area contributed by atoms with Crippen LogP contribution in [0.25, 0.3) is 0 Å². The minimum atomic E-state index is -0.572. The van der Waals surface area contributed by atoms with E-state index in [9.17, 15) is 9.59 Å². The van der Waals surface area contributed by atoms with Crippen molar-refractivity contribution in [1.29, 1.82) is 0 Å². The Morgan fingerprint density at radius 3 is 2.60 bits per heavy atom. The molecule has 0 aromatic heterocycles. The van der Waals surface area contributed by atoms with E-state index in [0.717, 1.165) is 0 Å². The number of hydrogen-bond acceptors (Lipinski definition) is 5. The zero-order valence-electron chi connectivity index (χ0n) is 13.2. The average molecular weight is 286 g/mol. The van der Waals surface area contributed by atoms with Crippen LogP contribution in [-0.2, 0) is 23.8 Å². The zero-order chi connectivity index (χ0) is 15.4. The van der Waals surface area contributed by atoms with E-state index in [1.807, 2.05) is 20.8 Å². The summed E-state index contributed by atoms with van der Waals surface area (Å²) in [6.07, 6.45) is 2.06. The van der Waals surface area contributed by atoms with E-state index in [0.29, 0.717) is 25.9 Å². The number of rotatable bonds is 5. The van der Waals surface area contributed by atoms with Gasteiger partial charge in [-0.3, -0.25) is 4.79 Å². The number of esters is 2. The van der Waals surface area contributed by atoms with Crippen molar-refractivity contribution in [2.24, 2.45) is 5.41 Å². The lowest BCUT2D eigenvalue weighted by atomic mass is 9.91. The van der Waals surface area contributed by atoms with Crippen molar-refractivity contribution < 1.29 is 23.8 Å². The molecule has 5 heteroatoms. The predicted octanol–water partition coefficient (Wildman–Crippen LogP) is 2.47. The highest BCUT2D eigenvalue weighted by Crippen LogP contribution is 2.28. The molecule has 20 heavy (non-hydrogen) atoms. The molecule has 5 nitrogen and oxygen atoms in total. The summed E-state index contributed by atoms with van der Waals surface area (Å²) in [6.45, 7) is 9.59. The van der Waals surface area contributed by atoms with Crippen LogP contribution >= 0.6 is 0 Å². The highest BCUT2D eigenvalue weighted by Gasteiger charge is 2.35. The van der Waals surface area contributed by atoms with Gasteiger partial charge in [0.2, 0.25) is 0 Å². The fourth-order valence-corrected chi connectivity index (χ4v) is 2.11. The molecular weight excluding hydrogens is 260 g/mol. The summed E-state index contributed by atoms with van der Waals surface area (Å²) in [5.74, 6) is -0.871. The van der Waals surface area contributed by atoms with Crippen molar-refractivity contribution in [3.05, 3.63) is 0 Å². The van der Waals surface area contributed by atoms with Crippen LogP contribution in [0.5, 0.6) is 0 Å². The summed E-state index contributed by atoms with van der Waals surface area (Å²) < 4.78 is 15.9. The summed E-state index contributed by atoms with van der Waals surface area (Å²) in [5, 5.41) is 0. The molecular formula is C15H26O5. The summed E-state index contributed by atoms with van der Waals surface area (Å²) >= 11 is 0. The lowest BCUT2D eigenvalue weighted by molar-refractivity contribution is -0.181. The Kier molecular flexibility index (Phi) is 5.57. The van der Waals surface area contributed by atoms with Crippen molar-refractivity contribution in [2.75, 3.05) is 13.2 Å². The molecule has 1 rings (SSSR count). The third kappa shape index (κ3) is 4.78. The van der Waals surface area contributed by atoms with Gasteiger partial charge in [0.25, 0.3) is 0 Å². The molecule has 1 heterocycles. The summed E-state index contributed by atoms with van der Waals surface area (Å²) in [5.41, 5.74) is -1.10. The monoisotopic (exact) mass is 286 g/mol. The number of ether oxygens (including phenoxy) is 3. The maximum atomic E-state index is 11.8. The molecule has 0 bridgehead atoms. The Bertz CT molecular complexity index is 363. The van der Waals surface area contributed by atoms with Crippen molar-refractivity contribution in [1.82, 2.24) is 0 Å². The molecule has 2 unspecified atom stereocenters. The van der Waals surface area contributed by atoms with Crippen LogP contribution in [0.1, 0.15) is 53.9 Å². The maximum Gasteiger partial charge on any atom is 0.344 e. The van der Waals surface area contributed by atoms with E-state index < -0.39 is 17.0 Å². The predicted molar refractivity (Wildman–Crippen MR) is 74.2 cm³/mol. The summed E-state index contributed by atoms with van der Waals surface area (Å²) in [4.78, 5) is 23.6. The smallest absolute Gasteiger partial charge is 0.344 e. The van der Waals surface area contributed by atoms with Gasteiger partial charge >= 0.3 is 11.9 Å². The molecule has 116 valence electrons. The maximum absolute atomic E-state index is 11.8. The molecule has 1 aliphatic rings. The first-order valence-electron chi connectivity index (χ1n) is 7.19. The van der Waals surface area contributed by atoms with E-state index in [2.05, 4.69) is 0 Å². The molecule has 0 aromatic carbocycles. The SMILES string of the molecule is CCC(C)(C)C(=O)OCC(=O)OC1(C)CCOC(C)C1. The van der Waals surface area contributed by atoms with Crippen molar-refractivity contribution >= 4 is 11.9 Å². The van der Waals surface area contributed by atoms with Crippen molar-refractivity contribution in [2.45, 2.75) is 65.6 Å². The van der Waals surface area contributed by atoms with E-state index in [1.165, 1.54) is 0 Å². The molecule has 0 saturated carbocycles. The Balaban J connectivity index is 2.42. The highest BCUT2D eigenvalue weighted by molar-refractivity contribution is 5.79. The lowest BCUT2D eigenvalue weighted by Crippen LogP contribution is -2.42. The molecule has 2 atom stereocenters. The quantitative estimate of drug-likeness (QED) is 0.727. The van der Waals surface area contributed by atoms with Crippen LogP contribution in [0.15, 0.2) is 0 Å². The summed E-state index contributed by atoms with van der Waals surface area (Å²) in [7, 11) is 0. The van der Waals surface area contributed by atoms with Gasteiger partial charge in [-0.25, -0.2) is 4.79 Å². The van der Waals surface area contributed by atoms with Gasteiger partial charge in [-0.15, -0.1) is 0 Å². The van der Waals surface area contributed by atoms with E-state index >= 15 is 0 Å². The Morgan fingerprint density at radius 1 is 1.40 bits per heavy atom.